The largest absolute Gasteiger partial charge is 0.390 e. The SMILES string of the molecule is CCCN1CCOC(C(O)Cc2ccc(CC)s2)C1. The van der Waals surface area contributed by atoms with Gasteiger partial charge in [0.15, 0.2) is 0 Å². The summed E-state index contributed by atoms with van der Waals surface area (Å²) in [4.78, 5) is 5.04. The lowest BCUT2D eigenvalue weighted by molar-refractivity contribution is -0.0875. The molecular weight excluding hydrogens is 258 g/mol. The van der Waals surface area contributed by atoms with Crippen LogP contribution in [0.3, 0.4) is 0 Å². The first-order valence-electron chi connectivity index (χ1n) is 7.32. The van der Waals surface area contributed by atoms with Crippen molar-refractivity contribution in [1.82, 2.24) is 4.90 Å². The van der Waals surface area contributed by atoms with E-state index in [0.29, 0.717) is 0 Å². The molecule has 1 aromatic heterocycles. The molecule has 3 nitrogen and oxygen atoms in total. The summed E-state index contributed by atoms with van der Waals surface area (Å²) in [6, 6.07) is 4.30. The maximum atomic E-state index is 10.4. The van der Waals surface area contributed by atoms with Crippen molar-refractivity contribution in [2.45, 2.75) is 45.3 Å². The highest BCUT2D eigenvalue weighted by Crippen LogP contribution is 2.21. The van der Waals surface area contributed by atoms with Gasteiger partial charge in [-0.05, 0) is 31.5 Å². The van der Waals surface area contributed by atoms with Gasteiger partial charge in [-0.25, -0.2) is 0 Å². The zero-order valence-corrected chi connectivity index (χ0v) is 12.8. The van der Waals surface area contributed by atoms with Gasteiger partial charge in [-0.3, -0.25) is 4.90 Å². The van der Waals surface area contributed by atoms with Gasteiger partial charge in [0.2, 0.25) is 0 Å². The van der Waals surface area contributed by atoms with Gasteiger partial charge in [0, 0.05) is 29.3 Å². The number of hydrogen-bond donors (Lipinski definition) is 1. The summed E-state index contributed by atoms with van der Waals surface area (Å²) in [7, 11) is 0. The summed E-state index contributed by atoms with van der Waals surface area (Å²) in [5.41, 5.74) is 0. The number of aliphatic hydroxyl groups is 1. The number of rotatable bonds is 6. The van der Waals surface area contributed by atoms with Crippen molar-refractivity contribution in [2.24, 2.45) is 0 Å². The molecule has 4 heteroatoms. The molecule has 0 radical (unpaired) electrons. The van der Waals surface area contributed by atoms with Crippen molar-refractivity contribution in [3.05, 3.63) is 21.9 Å². The zero-order valence-electron chi connectivity index (χ0n) is 12.0. The van der Waals surface area contributed by atoms with E-state index in [1.807, 2.05) is 11.3 Å². The van der Waals surface area contributed by atoms with E-state index in [-0.39, 0.29) is 12.2 Å². The molecule has 2 rings (SSSR count). The molecule has 0 aliphatic carbocycles. The van der Waals surface area contributed by atoms with E-state index in [9.17, 15) is 5.11 Å². The standard InChI is InChI=1S/C15H25NO2S/c1-3-7-16-8-9-18-15(11-16)14(17)10-13-6-5-12(4-2)19-13/h5-6,14-15,17H,3-4,7-11H2,1-2H3. The monoisotopic (exact) mass is 283 g/mol. The van der Waals surface area contributed by atoms with E-state index >= 15 is 0 Å². The molecule has 19 heavy (non-hydrogen) atoms. The molecule has 2 heterocycles. The molecule has 0 saturated carbocycles. The first-order valence-corrected chi connectivity index (χ1v) is 8.14. The molecule has 1 aromatic rings. The van der Waals surface area contributed by atoms with E-state index in [1.165, 1.54) is 9.75 Å². The Balaban J connectivity index is 1.86. The number of morpholine rings is 1. The molecule has 1 N–H and O–H groups in total. The van der Waals surface area contributed by atoms with Crippen molar-refractivity contribution in [3.63, 3.8) is 0 Å². The van der Waals surface area contributed by atoms with Crippen LogP contribution in [0.4, 0.5) is 0 Å². The number of thiophene rings is 1. The summed E-state index contributed by atoms with van der Waals surface area (Å²) in [6.07, 6.45) is 2.53. The molecule has 0 aromatic carbocycles. The maximum absolute atomic E-state index is 10.4. The van der Waals surface area contributed by atoms with Crippen LogP contribution in [-0.2, 0) is 17.6 Å². The quantitative estimate of drug-likeness (QED) is 0.870. The Morgan fingerprint density at radius 3 is 2.89 bits per heavy atom. The van der Waals surface area contributed by atoms with Crippen molar-refractivity contribution in [1.29, 1.82) is 0 Å². The van der Waals surface area contributed by atoms with Gasteiger partial charge < -0.3 is 9.84 Å². The summed E-state index contributed by atoms with van der Waals surface area (Å²) < 4.78 is 5.73. The van der Waals surface area contributed by atoms with Crippen LogP contribution < -0.4 is 0 Å². The average Bonchev–Trinajstić information content (AvgIpc) is 2.87. The summed E-state index contributed by atoms with van der Waals surface area (Å²) in [6.45, 7) is 8.06. The van der Waals surface area contributed by atoms with Gasteiger partial charge in [-0.2, -0.15) is 0 Å². The van der Waals surface area contributed by atoms with Crippen LogP contribution in [0.5, 0.6) is 0 Å². The topological polar surface area (TPSA) is 32.7 Å². The van der Waals surface area contributed by atoms with Crippen molar-refractivity contribution in [3.8, 4) is 0 Å². The van der Waals surface area contributed by atoms with Crippen LogP contribution in [0.1, 0.15) is 30.0 Å². The summed E-state index contributed by atoms with van der Waals surface area (Å²) in [5, 5.41) is 10.4. The van der Waals surface area contributed by atoms with E-state index in [0.717, 1.165) is 45.5 Å². The Kier molecular flexibility index (Phi) is 5.82. The number of aryl methyl sites for hydroxylation is 1. The Morgan fingerprint density at radius 2 is 2.21 bits per heavy atom. The molecular formula is C15H25NO2S. The molecule has 108 valence electrons. The van der Waals surface area contributed by atoms with Crippen molar-refractivity contribution < 1.29 is 9.84 Å². The second kappa shape index (κ2) is 7.39. The van der Waals surface area contributed by atoms with Gasteiger partial charge in [0.05, 0.1) is 18.8 Å². The summed E-state index contributed by atoms with van der Waals surface area (Å²) >= 11 is 1.81. The number of aliphatic hydroxyl groups excluding tert-OH is 1. The number of nitrogens with zero attached hydrogens (tertiary/aromatic N) is 1. The minimum absolute atomic E-state index is 0.0347. The second-order valence-corrected chi connectivity index (χ2v) is 6.46. The normalized spacial score (nSPS) is 22.6. The Morgan fingerprint density at radius 1 is 1.42 bits per heavy atom. The fourth-order valence-electron chi connectivity index (χ4n) is 2.54. The Labute approximate surface area is 120 Å². The maximum Gasteiger partial charge on any atom is 0.0964 e. The van der Waals surface area contributed by atoms with Gasteiger partial charge >= 0.3 is 0 Å². The molecule has 2 unspecified atom stereocenters. The van der Waals surface area contributed by atoms with Crippen LogP contribution in [0, 0.1) is 0 Å². The third-order valence-corrected chi connectivity index (χ3v) is 4.87. The van der Waals surface area contributed by atoms with E-state index in [1.54, 1.807) is 0 Å². The van der Waals surface area contributed by atoms with E-state index < -0.39 is 0 Å². The van der Waals surface area contributed by atoms with Crippen LogP contribution >= 0.6 is 11.3 Å². The lowest BCUT2D eigenvalue weighted by atomic mass is 10.1. The highest BCUT2D eigenvalue weighted by Gasteiger charge is 2.26. The Hall–Kier alpha value is -0.420. The molecule has 1 saturated heterocycles. The molecule has 1 aliphatic rings. The number of hydrogen-bond acceptors (Lipinski definition) is 4. The molecule has 1 fully saturated rings. The fourth-order valence-corrected chi connectivity index (χ4v) is 3.55. The first-order chi connectivity index (χ1) is 9.22. The lowest BCUT2D eigenvalue weighted by Gasteiger charge is -2.35. The van der Waals surface area contributed by atoms with Gasteiger partial charge in [0.1, 0.15) is 0 Å². The third-order valence-electron chi connectivity index (χ3n) is 3.62. The predicted molar refractivity (Wildman–Crippen MR) is 79.9 cm³/mol. The van der Waals surface area contributed by atoms with Crippen LogP contribution in [-0.4, -0.2) is 48.5 Å². The van der Waals surface area contributed by atoms with Gasteiger partial charge in [-0.1, -0.05) is 13.8 Å². The van der Waals surface area contributed by atoms with Gasteiger partial charge in [0.25, 0.3) is 0 Å². The molecule has 2 atom stereocenters. The van der Waals surface area contributed by atoms with Crippen molar-refractivity contribution >= 4 is 11.3 Å². The minimum Gasteiger partial charge on any atom is -0.390 e. The van der Waals surface area contributed by atoms with Gasteiger partial charge in [-0.15, -0.1) is 11.3 Å². The lowest BCUT2D eigenvalue weighted by Crippen LogP contribution is -2.48. The second-order valence-electron chi connectivity index (χ2n) is 5.20. The van der Waals surface area contributed by atoms with Crippen LogP contribution in [0.25, 0.3) is 0 Å². The molecule has 1 aliphatic heterocycles. The molecule has 0 amide bonds. The van der Waals surface area contributed by atoms with Crippen molar-refractivity contribution in [2.75, 3.05) is 26.2 Å². The average molecular weight is 283 g/mol. The predicted octanol–water partition coefficient (Wildman–Crippen LogP) is 2.32. The fraction of sp³-hybridized carbons (Fsp3) is 0.733. The zero-order chi connectivity index (χ0) is 13.7. The highest BCUT2D eigenvalue weighted by atomic mass is 32.1. The van der Waals surface area contributed by atoms with Crippen LogP contribution in [0.15, 0.2) is 12.1 Å². The van der Waals surface area contributed by atoms with E-state index in [2.05, 4.69) is 30.9 Å². The smallest absolute Gasteiger partial charge is 0.0964 e. The third kappa shape index (κ3) is 4.28. The first kappa shape index (κ1) is 15.0. The number of ether oxygens (including phenoxy) is 1. The van der Waals surface area contributed by atoms with Crippen LogP contribution in [0.2, 0.25) is 0 Å². The molecule has 0 bridgehead atoms. The minimum atomic E-state index is -0.386. The molecule has 0 spiro atoms. The summed E-state index contributed by atoms with van der Waals surface area (Å²) in [5.74, 6) is 0. The highest BCUT2D eigenvalue weighted by molar-refractivity contribution is 7.11. The van der Waals surface area contributed by atoms with E-state index in [4.69, 9.17) is 4.74 Å². The Bertz CT molecular complexity index is 378.